The molecule has 2 atom stereocenters. The quantitative estimate of drug-likeness (QED) is 0.708. The van der Waals surface area contributed by atoms with Crippen molar-refractivity contribution in [3.8, 4) is 5.75 Å². The highest BCUT2D eigenvalue weighted by molar-refractivity contribution is 5.85. The lowest BCUT2D eigenvalue weighted by Gasteiger charge is -2.20. The molecule has 1 aliphatic rings. The molecular formula is C21H25NO6. The summed E-state index contributed by atoms with van der Waals surface area (Å²) in [5.74, 6) is -1.39. The number of aliphatic carboxylic acids is 1. The van der Waals surface area contributed by atoms with Crippen molar-refractivity contribution in [1.29, 1.82) is 0 Å². The molecule has 7 nitrogen and oxygen atoms in total. The third kappa shape index (κ3) is 4.18. The van der Waals surface area contributed by atoms with Gasteiger partial charge in [-0.05, 0) is 49.3 Å². The number of carboxylic acid groups (broad SMARTS) is 1. The predicted molar refractivity (Wildman–Crippen MR) is 104 cm³/mol. The van der Waals surface area contributed by atoms with Crippen molar-refractivity contribution in [1.82, 2.24) is 5.32 Å². The topological polar surface area (TPSA) is 106 Å². The van der Waals surface area contributed by atoms with E-state index in [2.05, 4.69) is 5.32 Å². The first-order valence-corrected chi connectivity index (χ1v) is 9.64. The van der Waals surface area contributed by atoms with Gasteiger partial charge in [-0.3, -0.25) is 4.79 Å². The van der Waals surface area contributed by atoms with Crippen LogP contribution in [0.5, 0.6) is 5.75 Å². The van der Waals surface area contributed by atoms with Crippen LogP contribution in [0.2, 0.25) is 0 Å². The van der Waals surface area contributed by atoms with Crippen LogP contribution in [0.15, 0.2) is 27.4 Å². The Kier molecular flexibility index (Phi) is 6.02. The Hall–Kier alpha value is -2.83. The molecule has 1 aromatic heterocycles. The smallest absolute Gasteiger partial charge is 0.339 e. The molecule has 7 heteroatoms. The number of carboxylic acids is 1. The molecule has 0 saturated heterocycles. The van der Waals surface area contributed by atoms with Crippen molar-refractivity contribution in [3.05, 3.63) is 39.7 Å². The maximum Gasteiger partial charge on any atom is 0.339 e. The van der Waals surface area contributed by atoms with Gasteiger partial charge in [-0.25, -0.2) is 9.59 Å². The van der Waals surface area contributed by atoms with Crippen LogP contribution in [0.25, 0.3) is 11.0 Å². The molecule has 2 aromatic rings. The van der Waals surface area contributed by atoms with Gasteiger partial charge in [0, 0.05) is 17.0 Å². The van der Waals surface area contributed by atoms with Crippen LogP contribution in [0.3, 0.4) is 0 Å². The number of hydrogen-bond acceptors (Lipinski definition) is 5. The molecule has 2 N–H and O–H groups in total. The Morgan fingerprint density at radius 2 is 1.96 bits per heavy atom. The van der Waals surface area contributed by atoms with E-state index in [0.717, 1.165) is 42.2 Å². The van der Waals surface area contributed by atoms with Crippen LogP contribution in [0.1, 0.15) is 44.2 Å². The largest absolute Gasteiger partial charge is 0.484 e. The third-order valence-electron chi connectivity index (χ3n) is 5.36. The highest BCUT2D eigenvalue weighted by Gasteiger charge is 2.25. The van der Waals surface area contributed by atoms with Crippen LogP contribution in [-0.2, 0) is 22.4 Å². The monoisotopic (exact) mass is 387 g/mol. The molecule has 1 aromatic carbocycles. The summed E-state index contributed by atoms with van der Waals surface area (Å²) in [4.78, 5) is 35.6. The molecule has 0 fully saturated rings. The number of rotatable bonds is 7. The van der Waals surface area contributed by atoms with E-state index >= 15 is 0 Å². The van der Waals surface area contributed by atoms with Crippen LogP contribution in [-0.4, -0.2) is 29.6 Å². The van der Waals surface area contributed by atoms with Crippen molar-refractivity contribution in [2.75, 3.05) is 6.61 Å². The second-order valence-electron chi connectivity index (χ2n) is 7.27. The number of benzene rings is 1. The lowest BCUT2D eigenvalue weighted by atomic mass is 9.91. The molecule has 3 rings (SSSR count). The number of carbonyl (C=O) groups is 2. The van der Waals surface area contributed by atoms with Crippen LogP contribution in [0.4, 0.5) is 0 Å². The second-order valence-corrected chi connectivity index (χ2v) is 7.27. The minimum Gasteiger partial charge on any atom is -0.484 e. The van der Waals surface area contributed by atoms with E-state index in [1.807, 2.05) is 13.0 Å². The summed E-state index contributed by atoms with van der Waals surface area (Å²) in [6.07, 6.45) is 4.27. The fourth-order valence-corrected chi connectivity index (χ4v) is 3.56. The van der Waals surface area contributed by atoms with Crippen LogP contribution in [0, 0.1) is 5.92 Å². The minimum absolute atomic E-state index is 0.192. The number of nitrogens with one attached hydrogen (secondary N) is 1. The number of fused-ring (bicyclic) bond motifs is 3. The van der Waals surface area contributed by atoms with Gasteiger partial charge < -0.3 is 19.6 Å². The molecule has 0 spiro atoms. The molecule has 1 heterocycles. The first-order chi connectivity index (χ1) is 13.4. The standard InChI is InChI=1S/C21H25NO6/c1-3-12(2)19(20(24)25)22-18(23)11-27-13-8-9-15-14-6-4-5-7-16(14)21(26)28-17(15)10-13/h8-10,12,19H,3-7,11H2,1-2H3,(H,22,23)(H,24,25)/t12-,19-/m1/s1. The minimum atomic E-state index is -1.07. The molecule has 1 amide bonds. The maximum atomic E-state index is 12.2. The number of amides is 1. The van der Waals surface area contributed by atoms with E-state index in [0.29, 0.717) is 17.8 Å². The molecule has 0 aliphatic heterocycles. The van der Waals surface area contributed by atoms with Gasteiger partial charge in [0.25, 0.3) is 5.91 Å². The molecule has 0 unspecified atom stereocenters. The summed E-state index contributed by atoms with van der Waals surface area (Å²) < 4.78 is 10.9. The van der Waals surface area contributed by atoms with E-state index < -0.39 is 17.9 Å². The van der Waals surface area contributed by atoms with E-state index in [1.54, 1.807) is 19.1 Å². The van der Waals surface area contributed by atoms with E-state index in [4.69, 9.17) is 9.15 Å². The maximum absolute atomic E-state index is 12.2. The van der Waals surface area contributed by atoms with Crippen molar-refractivity contribution in [2.24, 2.45) is 5.92 Å². The summed E-state index contributed by atoms with van der Waals surface area (Å²) in [7, 11) is 0. The zero-order chi connectivity index (χ0) is 20.3. The Labute approximate surface area is 162 Å². The van der Waals surface area contributed by atoms with Gasteiger partial charge >= 0.3 is 11.6 Å². The fraction of sp³-hybridized carbons (Fsp3) is 0.476. The van der Waals surface area contributed by atoms with Gasteiger partial charge in [0.05, 0.1) is 0 Å². The average molecular weight is 387 g/mol. The fourth-order valence-electron chi connectivity index (χ4n) is 3.56. The van der Waals surface area contributed by atoms with E-state index in [9.17, 15) is 19.5 Å². The molecule has 0 radical (unpaired) electrons. The molecular weight excluding hydrogens is 362 g/mol. The van der Waals surface area contributed by atoms with Crippen molar-refractivity contribution >= 4 is 22.8 Å². The highest BCUT2D eigenvalue weighted by atomic mass is 16.5. The molecule has 1 aliphatic carbocycles. The van der Waals surface area contributed by atoms with Gasteiger partial charge in [0.2, 0.25) is 0 Å². The zero-order valence-electron chi connectivity index (χ0n) is 16.1. The zero-order valence-corrected chi connectivity index (χ0v) is 16.1. The molecule has 150 valence electrons. The number of hydrogen-bond donors (Lipinski definition) is 2. The number of aryl methyl sites for hydroxylation is 1. The van der Waals surface area contributed by atoms with Crippen molar-refractivity contribution in [2.45, 2.75) is 52.0 Å². The Morgan fingerprint density at radius 3 is 2.64 bits per heavy atom. The lowest BCUT2D eigenvalue weighted by molar-refractivity contribution is -0.143. The summed E-state index contributed by atoms with van der Waals surface area (Å²) in [6.45, 7) is 3.32. The number of ether oxygens (including phenoxy) is 1. The Bertz CT molecular complexity index is 948. The number of carbonyl (C=O) groups excluding carboxylic acids is 1. The summed E-state index contributed by atoms with van der Waals surface area (Å²) in [6, 6.07) is 4.22. The van der Waals surface area contributed by atoms with Crippen molar-refractivity contribution in [3.63, 3.8) is 0 Å². The van der Waals surface area contributed by atoms with Gasteiger partial charge in [-0.15, -0.1) is 0 Å². The van der Waals surface area contributed by atoms with Gasteiger partial charge in [-0.1, -0.05) is 20.3 Å². The van der Waals surface area contributed by atoms with E-state index in [-0.39, 0.29) is 18.2 Å². The summed E-state index contributed by atoms with van der Waals surface area (Å²) in [5, 5.41) is 12.6. The third-order valence-corrected chi connectivity index (χ3v) is 5.36. The lowest BCUT2D eigenvalue weighted by Crippen LogP contribution is -2.46. The van der Waals surface area contributed by atoms with E-state index in [1.165, 1.54) is 0 Å². The summed E-state index contributed by atoms with van der Waals surface area (Å²) >= 11 is 0. The van der Waals surface area contributed by atoms with Crippen molar-refractivity contribution < 1.29 is 23.8 Å². The first kappa shape index (κ1) is 19.9. The second kappa shape index (κ2) is 8.46. The van der Waals surface area contributed by atoms with Gasteiger partial charge in [0.1, 0.15) is 17.4 Å². The van der Waals surface area contributed by atoms with Gasteiger partial charge in [-0.2, -0.15) is 0 Å². The molecule has 0 bridgehead atoms. The Balaban J connectivity index is 1.72. The van der Waals surface area contributed by atoms with Crippen LogP contribution < -0.4 is 15.7 Å². The summed E-state index contributed by atoms with van der Waals surface area (Å²) in [5.41, 5.74) is 1.93. The van der Waals surface area contributed by atoms with Crippen LogP contribution >= 0.6 is 0 Å². The SMILES string of the molecule is CC[C@@H](C)[C@@H](NC(=O)COc1ccc2c3c(c(=O)oc2c1)CCCC3)C(=O)O. The average Bonchev–Trinajstić information content (AvgIpc) is 2.69. The highest BCUT2D eigenvalue weighted by Crippen LogP contribution is 2.29. The first-order valence-electron chi connectivity index (χ1n) is 9.64. The molecule has 0 saturated carbocycles. The predicted octanol–water partition coefficient (Wildman–Crippen LogP) is 2.67. The normalized spacial score (nSPS) is 15.5. The Morgan fingerprint density at radius 1 is 1.25 bits per heavy atom. The molecule has 28 heavy (non-hydrogen) atoms. The van der Waals surface area contributed by atoms with Gasteiger partial charge in [0.15, 0.2) is 6.61 Å².